The Morgan fingerprint density at radius 3 is 1.91 bits per heavy atom. The number of rotatable bonds is 3. The normalized spacial score (nSPS) is 10.1. The van der Waals surface area contributed by atoms with Crippen molar-refractivity contribution in [1.29, 1.82) is 0 Å². The molecule has 0 saturated carbocycles. The zero-order chi connectivity index (χ0) is 18.1. The number of carbonyl (C=O) groups is 4. The topological polar surface area (TPSA) is 124 Å². The fraction of sp³-hybridized carbons (Fsp3) is 0.167. The van der Waals surface area contributed by atoms with E-state index in [0.717, 1.165) is 0 Å². The molecule has 0 aromatic heterocycles. The molecule has 124 valence electrons. The molecule has 23 heavy (non-hydrogen) atoms. The molecule has 0 aliphatic rings. The molecular formula is C12H9I3N2O6. The number of carboxylic acids is 2. The van der Waals surface area contributed by atoms with Crippen molar-refractivity contribution in [2.45, 2.75) is 6.92 Å². The van der Waals surface area contributed by atoms with Crippen molar-refractivity contribution in [3.63, 3.8) is 0 Å². The number of carboxylic acid groups (broad SMARTS) is 2. The molecule has 0 heterocycles. The lowest BCUT2D eigenvalue weighted by Gasteiger charge is -2.23. The van der Waals surface area contributed by atoms with Gasteiger partial charge in [0.25, 0.3) is 0 Å². The van der Waals surface area contributed by atoms with Crippen LogP contribution in [0.2, 0.25) is 0 Å². The van der Waals surface area contributed by atoms with Gasteiger partial charge in [-0.3, -0.25) is 9.59 Å². The van der Waals surface area contributed by atoms with E-state index >= 15 is 0 Å². The van der Waals surface area contributed by atoms with Gasteiger partial charge >= 0.3 is 17.8 Å². The molecule has 0 saturated heterocycles. The van der Waals surface area contributed by atoms with Crippen molar-refractivity contribution < 1.29 is 29.4 Å². The second kappa shape index (κ2) is 7.91. The number of anilines is 2. The molecule has 1 aromatic rings. The highest BCUT2D eigenvalue weighted by Gasteiger charge is 2.28. The van der Waals surface area contributed by atoms with Crippen LogP contribution in [0.25, 0.3) is 0 Å². The Hall–Kier alpha value is -0.710. The fourth-order valence-electron chi connectivity index (χ4n) is 1.57. The number of nitrogens with one attached hydrogen (secondary N) is 1. The van der Waals surface area contributed by atoms with Crippen LogP contribution in [-0.4, -0.2) is 41.0 Å². The molecule has 0 radical (unpaired) electrons. The van der Waals surface area contributed by atoms with Gasteiger partial charge in [-0.15, -0.1) is 0 Å². The maximum Gasteiger partial charge on any atom is 0.394 e. The van der Waals surface area contributed by atoms with Crippen LogP contribution in [0.15, 0.2) is 0 Å². The molecule has 2 amide bonds. The number of amides is 2. The van der Waals surface area contributed by atoms with Crippen molar-refractivity contribution in [3.05, 3.63) is 16.3 Å². The number of aromatic carboxylic acids is 1. The van der Waals surface area contributed by atoms with Crippen LogP contribution in [0.1, 0.15) is 17.3 Å². The van der Waals surface area contributed by atoms with Gasteiger partial charge in [0.05, 0.1) is 27.6 Å². The van der Waals surface area contributed by atoms with Gasteiger partial charge in [-0.2, -0.15) is 0 Å². The number of benzene rings is 1. The molecule has 8 nitrogen and oxygen atoms in total. The van der Waals surface area contributed by atoms with Crippen LogP contribution in [0.3, 0.4) is 0 Å². The third-order valence-corrected chi connectivity index (χ3v) is 5.93. The van der Waals surface area contributed by atoms with Crippen LogP contribution in [0, 0.1) is 10.7 Å². The SMILES string of the molecule is CC(=O)N(C)c1c(I)c(NC(=O)C(=O)O)c(I)c(C(=O)O)c1I. The fourth-order valence-corrected chi connectivity index (χ4v) is 6.19. The summed E-state index contributed by atoms with van der Waals surface area (Å²) in [5.74, 6) is -4.59. The third-order valence-electron chi connectivity index (χ3n) is 2.75. The smallest absolute Gasteiger partial charge is 0.394 e. The Balaban J connectivity index is 3.76. The first-order valence-corrected chi connectivity index (χ1v) is 8.96. The highest BCUT2D eigenvalue weighted by atomic mass is 127. The summed E-state index contributed by atoms with van der Waals surface area (Å²) in [6, 6.07) is 0. The van der Waals surface area contributed by atoms with Gasteiger partial charge in [0, 0.05) is 14.0 Å². The summed E-state index contributed by atoms with van der Waals surface area (Å²) >= 11 is 5.36. The lowest BCUT2D eigenvalue weighted by Crippen LogP contribution is -2.28. The zero-order valence-electron chi connectivity index (χ0n) is 11.6. The maximum atomic E-state index is 11.6. The van der Waals surface area contributed by atoms with Gasteiger partial charge in [-0.25, -0.2) is 9.59 Å². The Morgan fingerprint density at radius 2 is 1.52 bits per heavy atom. The average Bonchev–Trinajstić information content (AvgIpc) is 2.42. The first-order valence-electron chi connectivity index (χ1n) is 5.73. The quantitative estimate of drug-likeness (QED) is 0.339. The Labute approximate surface area is 171 Å². The predicted octanol–water partition coefficient (Wildman–Crippen LogP) is 2.20. The van der Waals surface area contributed by atoms with E-state index < -0.39 is 17.8 Å². The summed E-state index contributed by atoms with van der Waals surface area (Å²) < 4.78 is 0.864. The van der Waals surface area contributed by atoms with E-state index in [-0.39, 0.29) is 26.4 Å². The van der Waals surface area contributed by atoms with Crippen molar-refractivity contribution in [3.8, 4) is 0 Å². The molecule has 0 atom stereocenters. The third kappa shape index (κ3) is 4.23. The highest BCUT2D eigenvalue weighted by molar-refractivity contribution is 14.1. The van der Waals surface area contributed by atoms with Gasteiger partial charge in [0.2, 0.25) is 5.91 Å². The molecule has 11 heteroatoms. The summed E-state index contributed by atoms with van der Waals surface area (Å²) in [7, 11) is 1.46. The summed E-state index contributed by atoms with van der Waals surface area (Å²) in [6.07, 6.45) is 0. The van der Waals surface area contributed by atoms with Crippen molar-refractivity contribution in [2.24, 2.45) is 0 Å². The van der Waals surface area contributed by atoms with Gasteiger partial charge in [0.15, 0.2) is 0 Å². The zero-order valence-corrected chi connectivity index (χ0v) is 18.1. The number of hydrogen-bond acceptors (Lipinski definition) is 4. The molecule has 0 unspecified atom stereocenters. The largest absolute Gasteiger partial charge is 0.478 e. The molecule has 1 rings (SSSR count). The van der Waals surface area contributed by atoms with Crippen molar-refractivity contribution >= 4 is 103 Å². The van der Waals surface area contributed by atoms with E-state index in [1.165, 1.54) is 18.9 Å². The van der Waals surface area contributed by atoms with Crippen molar-refractivity contribution in [1.82, 2.24) is 0 Å². The lowest BCUT2D eigenvalue weighted by atomic mass is 10.1. The Kier molecular flexibility index (Phi) is 6.99. The Morgan fingerprint density at radius 1 is 1.00 bits per heavy atom. The number of carbonyl (C=O) groups excluding carboxylic acids is 2. The molecule has 0 fully saturated rings. The standard InChI is InChI=1S/C12H9I3N2O6/c1-3(18)17(2)9-6(14)4(11(20)21)5(13)8(7(9)15)16-10(19)12(22)23/h1-2H3,(H,16,19)(H,20,21)(H,22,23). The molecule has 0 spiro atoms. The Bertz CT molecular complexity index is 734. The van der Waals surface area contributed by atoms with Crippen LogP contribution in [-0.2, 0) is 14.4 Å². The first kappa shape index (κ1) is 20.3. The summed E-state index contributed by atoms with van der Waals surface area (Å²) in [6.45, 7) is 1.31. The summed E-state index contributed by atoms with van der Waals surface area (Å²) in [5, 5.41) is 20.3. The maximum absolute atomic E-state index is 11.6. The molecule has 1 aromatic carbocycles. The van der Waals surface area contributed by atoms with Gasteiger partial charge in [-0.1, -0.05) is 0 Å². The van der Waals surface area contributed by atoms with Crippen molar-refractivity contribution in [2.75, 3.05) is 17.3 Å². The molecule has 3 N–H and O–H groups in total. The van der Waals surface area contributed by atoms with E-state index in [1.54, 1.807) is 45.2 Å². The second-order valence-electron chi connectivity index (χ2n) is 4.18. The first-order chi connectivity index (χ1) is 10.5. The minimum atomic E-state index is -1.70. The number of hydrogen-bond donors (Lipinski definition) is 3. The molecule has 0 bridgehead atoms. The minimum Gasteiger partial charge on any atom is -0.478 e. The van der Waals surface area contributed by atoms with E-state index in [2.05, 4.69) is 5.32 Å². The second-order valence-corrected chi connectivity index (χ2v) is 7.42. The predicted molar refractivity (Wildman–Crippen MR) is 107 cm³/mol. The molecule has 0 aliphatic carbocycles. The van der Waals surface area contributed by atoms with Crippen LogP contribution < -0.4 is 10.2 Å². The summed E-state index contributed by atoms with van der Waals surface area (Å²) in [5.41, 5.74) is 0.215. The molecule has 0 aliphatic heterocycles. The van der Waals surface area contributed by atoms with E-state index in [0.29, 0.717) is 7.14 Å². The van der Waals surface area contributed by atoms with Gasteiger partial charge in [-0.05, 0) is 67.8 Å². The van der Waals surface area contributed by atoms with Gasteiger partial charge < -0.3 is 20.4 Å². The van der Waals surface area contributed by atoms with E-state index in [9.17, 15) is 24.3 Å². The monoisotopic (exact) mass is 658 g/mol. The lowest BCUT2D eigenvalue weighted by molar-refractivity contribution is -0.147. The molecular weight excluding hydrogens is 649 g/mol. The van der Waals surface area contributed by atoms with E-state index in [4.69, 9.17) is 5.11 Å². The average molecular weight is 658 g/mol. The van der Waals surface area contributed by atoms with Gasteiger partial charge in [0.1, 0.15) is 0 Å². The van der Waals surface area contributed by atoms with Crippen LogP contribution in [0.5, 0.6) is 0 Å². The van der Waals surface area contributed by atoms with E-state index in [1.807, 2.05) is 22.6 Å². The highest BCUT2D eigenvalue weighted by Crippen LogP contribution is 2.40. The van der Waals surface area contributed by atoms with Crippen LogP contribution in [0.4, 0.5) is 11.4 Å². The number of nitrogens with zero attached hydrogens (tertiary/aromatic N) is 1. The summed E-state index contributed by atoms with van der Waals surface area (Å²) in [4.78, 5) is 46.6. The number of aliphatic carboxylic acids is 1. The minimum absolute atomic E-state index is 0.0412. The number of halogens is 3. The van der Waals surface area contributed by atoms with Crippen LogP contribution >= 0.6 is 67.8 Å².